The second-order valence-electron chi connectivity index (χ2n) is 6.35. The van der Waals surface area contributed by atoms with E-state index in [1.807, 2.05) is 55.6 Å². The number of aromatic nitrogens is 2. The summed E-state index contributed by atoms with van der Waals surface area (Å²) < 4.78 is 5.31. The highest BCUT2D eigenvalue weighted by atomic mass is 32.1. The quantitative estimate of drug-likeness (QED) is 0.431. The number of aryl methyl sites for hydroxylation is 2. The largest absolute Gasteiger partial charge is 0.462 e. The maximum absolute atomic E-state index is 12.2. The molecule has 140 valence electrons. The number of carbonyl (C=O) groups is 1. The first-order chi connectivity index (χ1) is 13.1. The van der Waals surface area contributed by atoms with E-state index >= 15 is 0 Å². The summed E-state index contributed by atoms with van der Waals surface area (Å²) in [5.41, 5.74) is 4.28. The van der Waals surface area contributed by atoms with Crippen LogP contribution >= 0.6 is 11.3 Å². The molecule has 5 nitrogen and oxygen atoms in total. The van der Waals surface area contributed by atoms with Gasteiger partial charge >= 0.3 is 5.97 Å². The van der Waals surface area contributed by atoms with Crippen molar-refractivity contribution in [3.05, 3.63) is 58.6 Å². The van der Waals surface area contributed by atoms with Gasteiger partial charge in [0.25, 0.3) is 0 Å². The number of anilines is 2. The molecule has 0 aliphatic carbocycles. The second kappa shape index (κ2) is 8.77. The number of rotatable bonds is 7. The van der Waals surface area contributed by atoms with Gasteiger partial charge in [0.15, 0.2) is 5.13 Å². The van der Waals surface area contributed by atoms with E-state index in [4.69, 9.17) is 4.74 Å². The molecule has 0 spiro atoms. The summed E-state index contributed by atoms with van der Waals surface area (Å²) in [6, 6.07) is 11.5. The summed E-state index contributed by atoms with van der Waals surface area (Å²) in [6.45, 7) is 6.41. The van der Waals surface area contributed by atoms with E-state index in [9.17, 15) is 4.79 Å². The van der Waals surface area contributed by atoms with Crippen molar-refractivity contribution in [1.82, 2.24) is 9.97 Å². The molecular weight excluding hydrogens is 358 g/mol. The van der Waals surface area contributed by atoms with Crippen molar-refractivity contribution in [3.8, 4) is 11.3 Å². The highest BCUT2D eigenvalue weighted by molar-refractivity contribution is 7.14. The molecule has 0 saturated carbocycles. The molecule has 3 rings (SSSR count). The second-order valence-corrected chi connectivity index (χ2v) is 7.20. The van der Waals surface area contributed by atoms with Crippen LogP contribution in [0, 0.1) is 13.8 Å². The smallest absolute Gasteiger partial charge is 0.338 e. The summed E-state index contributed by atoms with van der Waals surface area (Å²) in [4.78, 5) is 21.2. The van der Waals surface area contributed by atoms with Gasteiger partial charge in [-0.3, -0.25) is 0 Å². The van der Waals surface area contributed by atoms with E-state index in [1.165, 1.54) is 11.3 Å². The van der Waals surface area contributed by atoms with Gasteiger partial charge in [0.05, 0.1) is 17.9 Å². The molecule has 0 radical (unpaired) electrons. The maximum Gasteiger partial charge on any atom is 0.338 e. The summed E-state index contributed by atoms with van der Waals surface area (Å²) in [7, 11) is 0. The van der Waals surface area contributed by atoms with E-state index in [2.05, 4.69) is 22.2 Å². The first-order valence-corrected chi connectivity index (χ1v) is 9.89. The third-order valence-corrected chi connectivity index (χ3v) is 4.86. The summed E-state index contributed by atoms with van der Waals surface area (Å²) in [6.07, 6.45) is 1.89. The number of nitrogens with one attached hydrogen (secondary N) is 1. The average molecular weight is 382 g/mol. The maximum atomic E-state index is 12.2. The van der Waals surface area contributed by atoms with Crippen molar-refractivity contribution in [1.29, 1.82) is 0 Å². The summed E-state index contributed by atoms with van der Waals surface area (Å²) in [5.74, 6) is 0.510. The Morgan fingerprint density at radius 1 is 1.19 bits per heavy atom. The van der Waals surface area contributed by atoms with Gasteiger partial charge in [0, 0.05) is 16.6 Å². The summed E-state index contributed by atoms with van der Waals surface area (Å²) in [5, 5.41) is 6.00. The molecule has 0 aliphatic heterocycles. The Hall–Kier alpha value is -2.73. The van der Waals surface area contributed by atoms with E-state index in [-0.39, 0.29) is 5.97 Å². The molecule has 3 aromatic rings. The molecule has 0 saturated heterocycles. The van der Waals surface area contributed by atoms with E-state index in [1.54, 1.807) is 0 Å². The Morgan fingerprint density at radius 2 is 2.04 bits per heavy atom. The van der Waals surface area contributed by atoms with Crippen LogP contribution in [0.25, 0.3) is 11.3 Å². The van der Waals surface area contributed by atoms with Crippen LogP contribution in [0.2, 0.25) is 0 Å². The predicted molar refractivity (Wildman–Crippen MR) is 110 cm³/mol. The van der Waals surface area contributed by atoms with E-state index in [0.29, 0.717) is 12.2 Å². The normalized spacial score (nSPS) is 10.6. The van der Waals surface area contributed by atoms with Gasteiger partial charge in [-0.2, -0.15) is 0 Å². The molecule has 2 aromatic heterocycles. The highest BCUT2D eigenvalue weighted by Crippen LogP contribution is 2.28. The topological polar surface area (TPSA) is 64.1 Å². The van der Waals surface area contributed by atoms with Crippen molar-refractivity contribution >= 4 is 28.3 Å². The highest BCUT2D eigenvalue weighted by Gasteiger charge is 2.13. The van der Waals surface area contributed by atoms with Crippen molar-refractivity contribution in [3.63, 3.8) is 0 Å². The Bertz CT molecular complexity index is 937. The molecule has 0 amide bonds. The van der Waals surface area contributed by atoms with Gasteiger partial charge in [-0.15, -0.1) is 11.3 Å². The lowest BCUT2D eigenvalue weighted by Crippen LogP contribution is -2.08. The fourth-order valence-corrected chi connectivity index (χ4v) is 3.35. The zero-order valence-corrected chi connectivity index (χ0v) is 16.6. The molecule has 1 N–H and O–H groups in total. The third kappa shape index (κ3) is 4.92. The van der Waals surface area contributed by atoms with Crippen LogP contribution in [-0.2, 0) is 4.74 Å². The van der Waals surface area contributed by atoms with Gasteiger partial charge in [0.2, 0.25) is 0 Å². The standard InChI is InChI=1S/C21H23N3O2S/c1-4-5-11-26-20(25)17-10-9-16(12-14(17)2)18-13-27-21(23-18)24-19-8-6-7-15(3)22-19/h6-10,12-13H,4-5,11H2,1-3H3,(H,22,23,24). The number of pyridine rings is 1. The molecule has 2 heterocycles. The third-order valence-electron chi connectivity index (χ3n) is 4.10. The zero-order valence-electron chi connectivity index (χ0n) is 15.8. The fourth-order valence-electron chi connectivity index (χ4n) is 2.62. The molecule has 0 bridgehead atoms. The lowest BCUT2D eigenvalue weighted by atomic mass is 10.0. The number of unbranched alkanes of at least 4 members (excludes halogenated alkanes) is 1. The van der Waals surface area contributed by atoms with Gasteiger partial charge in [-0.1, -0.05) is 25.5 Å². The first-order valence-electron chi connectivity index (χ1n) is 9.01. The molecule has 0 aliphatic rings. The van der Waals surface area contributed by atoms with Crippen LogP contribution in [0.4, 0.5) is 10.9 Å². The van der Waals surface area contributed by atoms with Crippen LogP contribution < -0.4 is 5.32 Å². The van der Waals surface area contributed by atoms with Crippen LogP contribution in [0.5, 0.6) is 0 Å². The van der Waals surface area contributed by atoms with Crippen molar-refractivity contribution < 1.29 is 9.53 Å². The molecule has 0 atom stereocenters. The fraction of sp³-hybridized carbons (Fsp3) is 0.286. The summed E-state index contributed by atoms with van der Waals surface area (Å²) >= 11 is 1.52. The van der Waals surface area contributed by atoms with Crippen LogP contribution in [0.3, 0.4) is 0 Å². The van der Waals surface area contributed by atoms with Crippen molar-refractivity contribution in [2.75, 3.05) is 11.9 Å². The van der Waals surface area contributed by atoms with Crippen LogP contribution in [0.15, 0.2) is 41.8 Å². The van der Waals surface area contributed by atoms with Crippen molar-refractivity contribution in [2.45, 2.75) is 33.6 Å². The van der Waals surface area contributed by atoms with E-state index < -0.39 is 0 Å². The molecule has 0 unspecified atom stereocenters. The number of carbonyl (C=O) groups excluding carboxylic acids is 1. The Kier molecular flexibility index (Phi) is 6.19. The van der Waals surface area contributed by atoms with Gasteiger partial charge < -0.3 is 10.1 Å². The van der Waals surface area contributed by atoms with Gasteiger partial charge in [0.1, 0.15) is 5.82 Å². The lowest BCUT2D eigenvalue weighted by Gasteiger charge is -2.08. The average Bonchev–Trinajstić information content (AvgIpc) is 3.10. The molecule has 27 heavy (non-hydrogen) atoms. The van der Waals surface area contributed by atoms with Crippen LogP contribution in [0.1, 0.15) is 41.4 Å². The van der Waals surface area contributed by atoms with Gasteiger partial charge in [-0.25, -0.2) is 14.8 Å². The lowest BCUT2D eigenvalue weighted by molar-refractivity contribution is 0.0499. The zero-order chi connectivity index (χ0) is 19.2. The van der Waals surface area contributed by atoms with Gasteiger partial charge in [-0.05, 0) is 50.1 Å². The first kappa shape index (κ1) is 19.0. The number of hydrogen-bond donors (Lipinski definition) is 1. The number of benzene rings is 1. The minimum Gasteiger partial charge on any atom is -0.462 e. The number of nitrogens with zero attached hydrogens (tertiary/aromatic N) is 2. The number of esters is 1. The monoisotopic (exact) mass is 381 g/mol. The van der Waals surface area contributed by atoms with Crippen LogP contribution in [-0.4, -0.2) is 22.5 Å². The minimum atomic E-state index is -0.265. The van der Waals surface area contributed by atoms with E-state index in [0.717, 1.165) is 46.3 Å². The molecule has 0 fully saturated rings. The Balaban J connectivity index is 1.72. The molecule has 1 aromatic carbocycles. The number of ether oxygens (including phenoxy) is 1. The Morgan fingerprint density at radius 3 is 2.78 bits per heavy atom. The van der Waals surface area contributed by atoms with Crippen molar-refractivity contribution in [2.24, 2.45) is 0 Å². The molecular formula is C21H23N3O2S. The number of thiazole rings is 1. The SMILES string of the molecule is CCCCOC(=O)c1ccc(-c2csc(Nc3cccc(C)n3)n2)cc1C. The molecule has 6 heteroatoms. The number of hydrogen-bond acceptors (Lipinski definition) is 6. The minimum absolute atomic E-state index is 0.265. The predicted octanol–water partition coefficient (Wildman–Crippen LogP) is 5.52. The Labute approximate surface area is 163 Å².